The molecule has 2 rings (SSSR count). The number of carbonyl (C=O) groups is 5. The van der Waals surface area contributed by atoms with Crippen molar-refractivity contribution >= 4 is 29.7 Å². The Kier molecular flexibility index (Phi) is 8.62. The van der Waals surface area contributed by atoms with E-state index in [9.17, 15) is 24.0 Å². The molecule has 0 fully saturated rings. The molecule has 35 heavy (non-hydrogen) atoms. The zero-order valence-corrected chi connectivity index (χ0v) is 21.0. The quantitative estimate of drug-likeness (QED) is 0.315. The van der Waals surface area contributed by atoms with Crippen molar-refractivity contribution in [2.24, 2.45) is 5.92 Å². The Labute approximate surface area is 202 Å². The molecule has 2 N–H and O–H groups in total. The lowest BCUT2D eigenvalue weighted by atomic mass is 9.85. The maximum Gasteiger partial charge on any atom is 0.340 e. The van der Waals surface area contributed by atoms with Gasteiger partial charge in [-0.25, -0.2) is 14.4 Å². The Hall–Kier alpha value is -3.89. The summed E-state index contributed by atoms with van der Waals surface area (Å²) in [6.45, 7) is 9.47. The zero-order valence-electron chi connectivity index (χ0n) is 21.0. The van der Waals surface area contributed by atoms with Gasteiger partial charge in [-0.2, -0.15) is 0 Å². The lowest BCUT2D eigenvalue weighted by Crippen LogP contribution is -2.39. The van der Waals surface area contributed by atoms with Crippen molar-refractivity contribution in [3.8, 4) is 0 Å². The van der Waals surface area contributed by atoms with Crippen LogP contribution in [0.3, 0.4) is 0 Å². The summed E-state index contributed by atoms with van der Waals surface area (Å²) >= 11 is 0. The van der Waals surface area contributed by atoms with Gasteiger partial charge in [0.1, 0.15) is 5.92 Å². The van der Waals surface area contributed by atoms with Gasteiger partial charge in [0.05, 0.1) is 43.2 Å². The standard InChI is InChI=1S/C24H30N2O9/c1-9-34-23(30)15-10(2)19(26-11(15)3)20(27)14(6)35-24(31)18-16(21(28)32-7)12(4)25-13(5)17(18)22(29)33-8/h14,18,25-26H,9H2,1-8H3. The first kappa shape index (κ1) is 27.4. The van der Waals surface area contributed by atoms with Crippen molar-refractivity contribution in [2.75, 3.05) is 20.8 Å². The molecule has 2 heterocycles. The molecular weight excluding hydrogens is 460 g/mol. The summed E-state index contributed by atoms with van der Waals surface area (Å²) in [5.74, 6) is -5.38. The third-order valence-corrected chi connectivity index (χ3v) is 5.63. The molecule has 11 heteroatoms. The first-order valence-electron chi connectivity index (χ1n) is 10.9. The van der Waals surface area contributed by atoms with Gasteiger partial charge < -0.3 is 29.2 Å². The van der Waals surface area contributed by atoms with Gasteiger partial charge in [0.25, 0.3) is 0 Å². The number of aromatic amines is 1. The fraction of sp³-hybridized carbons (Fsp3) is 0.458. The van der Waals surface area contributed by atoms with Crippen LogP contribution in [0.25, 0.3) is 0 Å². The number of H-pyrrole nitrogens is 1. The number of methoxy groups -OCH3 is 2. The van der Waals surface area contributed by atoms with Crippen LogP contribution in [0.4, 0.5) is 0 Å². The maximum absolute atomic E-state index is 13.3. The van der Waals surface area contributed by atoms with Crippen LogP contribution in [0, 0.1) is 19.8 Å². The lowest BCUT2D eigenvalue weighted by molar-refractivity contribution is -0.153. The first-order chi connectivity index (χ1) is 16.4. The average molecular weight is 491 g/mol. The second kappa shape index (κ2) is 11.0. The molecule has 1 unspecified atom stereocenters. The molecule has 0 amide bonds. The summed E-state index contributed by atoms with van der Waals surface area (Å²) in [5, 5.41) is 2.87. The second-order valence-corrected chi connectivity index (χ2v) is 7.91. The molecule has 0 aromatic carbocycles. The van der Waals surface area contributed by atoms with Gasteiger partial charge in [-0.3, -0.25) is 9.59 Å². The summed E-state index contributed by atoms with van der Waals surface area (Å²) in [5.41, 5.74) is 1.39. The van der Waals surface area contributed by atoms with Gasteiger partial charge >= 0.3 is 23.9 Å². The monoisotopic (exact) mass is 490 g/mol. The van der Waals surface area contributed by atoms with Crippen LogP contribution in [0.2, 0.25) is 0 Å². The molecule has 0 spiro atoms. The maximum atomic E-state index is 13.3. The van der Waals surface area contributed by atoms with Crippen molar-refractivity contribution in [2.45, 2.75) is 47.6 Å². The molecule has 0 radical (unpaired) electrons. The Balaban J connectivity index is 2.42. The van der Waals surface area contributed by atoms with Gasteiger partial charge in [-0.15, -0.1) is 0 Å². The van der Waals surface area contributed by atoms with E-state index >= 15 is 0 Å². The van der Waals surface area contributed by atoms with Gasteiger partial charge in [0.2, 0.25) is 5.78 Å². The summed E-state index contributed by atoms with van der Waals surface area (Å²) in [6, 6.07) is 0. The molecule has 0 aliphatic carbocycles. The predicted octanol–water partition coefficient (Wildman–Crippen LogP) is 2.04. The van der Waals surface area contributed by atoms with Crippen LogP contribution in [0.15, 0.2) is 22.5 Å². The number of ether oxygens (including phenoxy) is 4. The van der Waals surface area contributed by atoms with Crippen LogP contribution in [0.5, 0.6) is 0 Å². The van der Waals surface area contributed by atoms with Crippen molar-refractivity contribution in [1.29, 1.82) is 0 Å². The number of aryl methyl sites for hydroxylation is 1. The molecule has 190 valence electrons. The Morgan fingerprint density at radius 3 is 1.86 bits per heavy atom. The minimum absolute atomic E-state index is 0.0796. The number of ketones is 1. The Morgan fingerprint density at radius 1 is 0.886 bits per heavy atom. The Morgan fingerprint density at radius 2 is 1.40 bits per heavy atom. The van der Waals surface area contributed by atoms with Crippen LogP contribution in [-0.4, -0.2) is 61.6 Å². The van der Waals surface area contributed by atoms with E-state index in [1.807, 2.05) is 0 Å². The number of hydrogen-bond donors (Lipinski definition) is 2. The van der Waals surface area contributed by atoms with E-state index in [-0.39, 0.29) is 40.4 Å². The van der Waals surface area contributed by atoms with E-state index in [0.717, 1.165) is 14.2 Å². The number of dihydropyridines is 1. The normalized spacial score (nSPS) is 14.7. The van der Waals surface area contributed by atoms with Crippen molar-refractivity contribution < 1.29 is 42.9 Å². The van der Waals surface area contributed by atoms with Gasteiger partial charge in [0.15, 0.2) is 6.10 Å². The van der Waals surface area contributed by atoms with E-state index in [1.165, 1.54) is 6.92 Å². The summed E-state index contributed by atoms with van der Waals surface area (Å²) in [6.07, 6.45) is -1.32. The largest absolute Gasteiger partial charge is 0.466 e. The average Bonchev–Trinajstić information content (AvgIpc) is 3.10. The molecule has 1 aliphatic rings. The molecule has 11 nitrogen and oxygen atoms in total. The summed E-state index contributed by atoms with van der Waals surface area (Å²) in [4.78, 5) is 66.5. The molecule has 0 saturated carbocycles. The predicted molar refractivity (Wildman–Crippen MR) is 122 cm³/mol. The van der Waals surface area contributed by atoms with E-state index in [1.54, 1.807) is 34.6 Å². The van der Waals surface area contributed by atoms with Crippen LogP contribution < -0.4 is 5.32 Å². The Bertz CT molecular complexity index is 1100. The smallest absolute Gasteiger partial charge is 0.340 e. The molecule has 1 aromatic heterocycles. The highest BCUT2D eigenvalue weighted by atomic mass is 16.6. The highest BCUT2D eigenvalue weighted by Gasteiger charge is 2.43. The minimum Gasteiger partial charge on any atom is -0.466 e. The van der Waals surface area contributed by atoms with Crippen molar-refractivity contribution in [3.05, 3.63) is 45.1 Å². The van der Waals surface area contributed by atoms with E-state index in [2.05, 4.69) is 10.3 Å². The third kappa shape index (κ3) is 5.28. The van der Waals surface area contributed by atoms with Crippen molar-refractivity contribution in [1.82, 2.24) is 10.3 Å². The molecule has 0 bridgehead atoms. The number of carbonyl (C=O) groups excluding carboxylic acids is 5. The summed E-state index contributed by atoms with van der Waals surface area (Å²) in [7, 11) is 2.27. The fourth-order valence-corrected chi connectivity index (χ4v) is 4.00. The zero-order chi connectivity index (χ0) is 26.6. The number of rotatable bonds is 8. The topological polar surface area (TPSA) is 150 Å². The minimum atomic E-state index is -1.48. The van der Waals surface area contributed by atoms with Crippen LogP contribution in [-0.2, 0) is 33.3 Å². The lowest BCUT2D eigenvalue weighted by Gasteiger charge is -2.29. The van der Waals surface area contributed by atoms with Crippen molar-refractivity contribution in [3.63, 3.8) is 0 Å². The first-order valence-corrected chi connectivity index (χ1v) is 10.9. The molecule has 1 aromatic rings. The summed E-state index contributed by atoms with van der Waals surface area (Å²) < 4.78 is 20.1. The number of hydrogen-bond acceptors (Lipinski definition) is 10. The molecular formula is C24H30N2O9. The second-order valence-electron chi connectivity index (χ2n) is 7.91. The van der Waals surface area contributed by atoms with Crippen LogP contribution >= 0.6 is 0 Å². The number of nitrogens with one attached hydrogen (secondary N) is 2. The van der Waals surface area contributed by atoms with E-state index < -0.39 is 41.7 Å². The number of aromatic nitrogens is 1. The fourth-order valence-electron chi connectivity index (χ4n) is 4.00. The molecule has 0 saturated heterocycles. The number of Topliss-reactive ketones (excluding diaryl/α,β-unsaturated/α-hetero) is 1. The van der Waals surface area contributed by atoms with E-state index in [0.29, 0.717) is 11.3 Å². The number of allylic oxidation sites excluding steroid dienone is 2. The van der Waals surface area contributed by atoms with E-state index in [4.69, 9.17) is 18.9 Å². The van der Waals surface area contributed by atoms with Crippen LogP contribution in [0.1, 0.15) is 59.8 Å². The molecule has 1 atom stereocenters. The highest BCUT2D eigenvalue weighted by molar-refractivity contribution is 6.07. The van der Waals surface area contributed by atoms with Gasteiger partial charge in [-0.1, -0.05) is 0 Å². The SMILES string of the molecule is CCOC(=O)c1c(C)[nH]c(C(=O)C(C)OC(=O)C2C(C(=O)OC)=C(C)NC(C)=C2C(=O)OC)c1C. The number of esters is 4. The van der Waals surface area contributed by atoms with Gasteiger partial charge in [-0.05, 0) is 47.1 Å². The molecule has 1 aliphatic heterocycles. The third-order valence-electron chi connectivity index (χ3n) is 5.63. The highest BCUT2D eigenvalue weighted by Crippen LogP contribution is 2.33. The van der Waals surface area contributed by atoms with Gasteiger partial charge in [0, 0.05) is 17.1 Å².